The van der Waals surface area contributed by atoms with Crippen molar-refractivity contribution in [3.8, 4) is 11.5 Å². The molecule has 5 heteroatoms. The molecule has 2 rings (SSSR count). The molecule has 1 aliphatic heterocycles. The van der Waals surface area contributed by atoms with Gasteiger partial charge in [0.05, 0.1) is 6.04 Å². The fourth-order valence-corrected chi connectivity index (χ4v) is 2.41. The van der Waals surface area contributed by atoms with Crippen molar-refractivity contribution in [2.45, 2.75) is 26.3 Å². The summed E-state index contributed by atoms with van der Waals surface area (Å²) in [6.45, 7) is 5.80. The highest BCUT2D eigenvalue weighted by Gasteiger charge is 2.19. The molecule has 2 unspecified atom stereocenters. The minimum atomic E-state index is -0.0544. The molecule has 21 heavy (non-hydrogen) atoms. The number of amides is 1. The fourth-order valence-electron chi connectivity index (χ4n) is 2.41. The predicted molar refractivity (Wildman–Crippen MR) is 81.7 cm³/mol. The molecule has 2 N–H and O–H groups in total. The maximum absolute atomic E-state index is 12.2. The smallest absolute Gasteiger partial charge is 0.224 e. The van der Waals surface area contributed by atoms with E-state index in [1.165, 1.54) is 0 Å². The Kier molecular flexibility index (Phi) is 5.44. The number of carbonyl (C=O) groups is 1. The molecule has 0 saturated heterocycles. The van der Waals surface area contributed by atoms with Crippen LogP contribution in [0.1, 0.15) is 31.9 Å². The second-order valence-electron chi connectivity index (χ2n) is 5.33. The van der Waals surface area contributed by atoms with Gasteiger partial charge in [-0.3, -0.25) is 4.79 Å². The lowest BCUT2D eigenvalue weighted by Crippen LogP contribution is -2.36. The van der Waals surface area contributed by atoms with E-state index in [1.807, 2.05) is 32.2 Å². The van der Waals surface area contributed by atoms with E-state index in [9.17, 15) is 4.79 Å². The standard InChI is InChI=1S/C16H24N2O3/c1-4-13(18-16(19)11(2)10-17-3)12-5-6-14-15(9-12)21-8-7-20-14/h5-6,9,11,13,17H,4,7-8,10H2,1-3H3,(H,18,19). The van der Waals surface area contributed by atoms with Crippen molar-refractivity contribution in [3.63, 3.8) is 0 Å². The van der Waals surface area contributed by atoms with Gasteiger partial charge in [-0.2, -0.15) is 0 Å². The van der Waals surface area contributed by atoms with Gasteiger partial charge in [0.2, 0.25) is 5.91 Å². The van der Waals surface area contributed by atoms with Crippen LogP contribution in [0.4, 0.5) is 0 Å². The zero-order valence-electron chi connectivity index (χ0n) is 12.9. The van der Waals surface area contributed by atoms with E-state index >= 15 is 0 Å². The molecule has 1 aliphatic rings. The second-order valence-corrected chi connectivity index (χ2v) is 5.33. The van der Waals surface area contributed by atoms with Gasteiger partial charge in [-0.05, 0) is 31.2 Å². The van der Waals surface area contributed by atoms with Crippen molar-refractivity contribution >= 4 is 5.91 Å². The average molecular weight is 292 g/mol. The van der Waals surface area contributed by atoms with E-state index in [2.05, 4.69) is 17.6 Å². The number of hydrogen-bond donors (Lipinski definition) is 2. The first-order valence-corrected chi connectivity index (χ1v) is 7.50. The number of fused-ring (bicyclic) bond motifs is 1. The van der Waals surface area contributed by atoms with Crippen LogP contribution in [-0.2, 0) is 4.79 Å². The Hall–Kier alpha value is -1.75. The SMILES string of the molecule is CCC(NC(=O)C(C)CNC)c1ccc2c(c1)OCCO2. The highest BCUT2D eigenvalue weighted by Crippen LogP contribution is 2.33. The van der Waals surface area contributed by atoms with Gasteiger partial charge in [0, 0.05) is 12.5 Å². The highest BCUT2D eigenvalue weighted by atomic mass is 16.6. The van der Waals surface area contributed by atoms with Crippen molar-refractivity contribution in [1.29, 1.82) is 0 Å². The molecule has 0 fully saturated rings. The number of rotatable bonds is 6. The van der Waals surface area contributed by atoms with Gasteiger partial charge in [-0.25, -0.2) is 0 Å². The fraction of sp³-hybridized carbons (Fsp3) is 0.562. The summed E-state index contributed by atoms with van der Waals surface area (Å²) in [6, 6.07) is 5.86. The molecule has 2 atom stereocenters. The number of carbonyl (C=O) groups excluding carboxylic acids is 1. The molecule has 0 aliphatic carbocycles. The zero-order chi connectivity index (χ0) is 15.2. The van der Waals surface area contributed by atoms with Gasteiger partial charge in [0.1, 0.15) is 13.2 Å². The first kappa shape index (κ1) is 15.6. The molecule has 1 amide bonds. The summed E-state index contributed by atoms with van der Waals surface area (Å²) in [5, 5.41) is 6.12. The second kappa shape index (κ2) is 7.31. The van der Waals surface area contributed by atoms with Crippen molar-refractivity contribution in [1.82, 2.24) is 10.6 Å². The Morgan fingerprint density at radius 3 is 2.67 bits per heavy atom. The lowest BCUT2D eigenvalue weighted by molar-refractivity contribution is -0.125. The van der Waals surface area contributed by atoms with Crippen LogP contribution in [0.3, 0.4) is 0 Å². The third-order valence-corrected chi connectivity index (χ3v) is 3.65. The molecular formula is C16H24N2O3. The summed E-state index contributed by atoms with van der Waals surface area (Å²) in [4.78, 5) is 12.2. The summed E-state index contributed by atoms with van der Waals surface area (Å²) in [6.07, 6.45) is 0.831. The number of ether oxygens (including phenoxy) is 2. The maximum atomic E-state index is 12.2. The molecule has 1 heterocycles. The summed E-state index contributed by atoms with van der Waals surface area (Å²) < 4.78 is 11.1. The first-order chi connectivity index (χ1) is 10.2. The summed E-state index contributed by atoms with van der Waals surface area (Å²) >= 11 is 0. The monoisotopic (exact) mass is 292 g/mol. The highest BCUT2D eigenvalue weighted by molar-refractivity contribution is 5.79. The minimum absolute atomic E-state index is 0.00682. The Labute approximate surface area is 126 Å². The Morgan fingerprint density at radius 2 is 2.00 bits per heavy atom. The molecule has 116 valence electrons. The normalized spacial score (nSPS) is 16.1. The minimum Gasteiger partial charge on any atom is -0.486 e. The zero-order valence-corrected chi connectivity index (χ0v) is 12.9. The summed E-state index contributed by atoms with van der Waals surface area (Å²) in [5.41, 5.74) is 1.05. The lowest BCUT2D eigenvalue weighted by atomic mass is 10.0. The molecule has 1 aromatic carbocycles. The largest absolute Gasteiger partial charge is 0.486 e. The molecule has 0 saturated carbocycles. The lowest BCUT2D eigenvalue weighted by Gasteiger charge is -2.23. The van der Waals surface area contributed by atoms with Gasteiger partial charge in [0.25, 0.3) is 0 Å². The molecule has 5 nitrogen and oxygen atoms in total. The van der Waals surface area contributed by atoms with Crippen LogP contribution in [-0.4, -0.2) is 32.7 Å². The molecule has 1 aromatic rings. The van der Waals surface area contributed by atoms with Crippen LogP contribution in [0.15, 0.2) is 18.2 Å². The van der Waals surface area contributed by atoms with Crippen molar-refractivity contribution in [3.05, 3.63) is 23.8 Å². The predicted octanol–water partition coefficient (Wildman–Crippen LogP) is 1.88. The van der Waals surface area contributed by atoms with Crippen molar-refractivity contribution < 1.29 is 14.3 Å². The van der Waals surface area contributed by atoms with E-state index in [0.717, 1.165) is 23.5 Å². The van der Waals surface area contributed by atoms with Crippen LogP contribution < -0.4 is 20.1 Å². The average Bonchev–Trinajstić information content (AvgIpc) is 2.52. The summed E-state index contributed by atoms with van der Waals surface area (Å²) in [7, 11) is 1.85. The van der Waals surface area contributed by atoms with Crippen molar-refractivity contribution in [2.75, 3.05) is 26.8 Å². The van der Waals surface area contributed by atoms with Gasteiger partial charge >= 0.3 is 0 Å². The Bertz CT molecular complexity index is 490. The number of benzene rings is 1. The number of hydrogen-bond acceptors (Lipinski definition) is 4. The van der Waals surface area contributed by atoms with Gasteiger partial charge < -0.3 is 20.1 Å². The Balaban J connectivity index is 2.08. The molecule has 0 radical (unpaired) electrons. The topological polar surface area (TPSA) is 59.6 Å². The molecular weight excluding hydrogens is 268 g/mol. The van der Waals surface area contributed by atoms with Crippen LogP contribution in [0.2, 0.25) is 0 Å². The molecule has 0 bridgehead atoms. The first-order valence-electron chi connectivity index (χ1n) is 7.50. The molecule has 0 spiro atoms. The van der Waals surface area contributed by atoms with Crippen LogP contribution in [0.25, 0.3) is 0 Å². The van der Waals surface area contributed by atoms with E-state index in [1.54, 1.807) is 0 Å². The van der Waals surface area contributed by atoms with Crippen LogP contribution >= 0.6 is 0 Å². The van der Waals surface area contributed by atoms with E-state index < -0.39 is 0 Å². The Morgan fingerprint density at radius 1 is 1.29 bits per heavy atom. The van der Waals surface area contributed by atoms with E-state index in [-0.39, 0.29) is 17.9 Å². The third-order valence-electron chi connectivity index (χ3n) is 3.65. The maximum Gasteiger partial charge on any atom is 0.224 e. The summed E-state index contributed by atoms with van der Waals surface area (Å²) in [5.74, 6) is 1.54. The van der Waals surface area contributed by atoms with Gasteiger partial charge in [0.15, 0.2) is 11.5 Å². The van der Waals surface area contributed by atoms with Crippen LogP contribution in [0.5, 0.6) is 11.5 Å². The van der Waals surface area contributed by atoms with E-state index in [0.29, 0.717) is 19.8 Å². The van der Waals surface area contributed by atoms with E-state index in [4.69, 9.17) is 9.47 Å². The van der Waals surface area contributed by atoms with Gasteiger partial charge in [-0.1, -0.05) is 19.9 Å². The van der Waals surface area contributed by atoms with Crippen molar-refractivity contribution in [2.24, 2.45) is 5.92 Å². The molecule has 0 aromatic heterocycles. The number of nitrogens with one attached hydrogen (secondary N) is 2. The quantitative estimate of drug-likeness (QED) is 0.840. The van der Waals surface area contributed by atoms with Gasteiger partial charge in [-0.15, -0.1) is 0 Å². The third kappa shape index (κ3) is 3.88. The van der Waals surface area contributed by atoms with Crippen LogP contribution in [0, 0.1) is 5.92 Å².